The van der Waals surface area contributed by atoms with Gasteiger partial charge < -0.3 is 0 Å². The highest BCUT2D eigenvalue weighted by molar-refractivity contribution is 5.67. The molecule has 0 heteroatoms. The molecule has 0 nitrogen and oxygen atoms in total. The molecule has 0 spiro atoms. The van der Waals surface area contributed by atoms with Crippen molar-refractivity contribution in [1.29, 1.82) is 0 Å². The van der Waals surface area contributed by atoms with E-state index in [1.165, 1.54) is 34.3 Å². The quantitative estimate of drug-likeness (QED) is 0.679. The van der Waals surface area contributed by atoms with E-state index >= 15 is 0 Å². The van der Waals surface area contributed by atoms with E-state index in [1.54, 1.807) is 5.56 Å². The lowest BCUT2D eigenvalue weighted by molar-refractivity contribution is 0.904. The van der Waals surface area contributed by atoms with Crippen LogP contribution in [0.1, 0.15) is 42.5 Å². The Bertz CT molecular complexity index is 461. The van der Waals surface area contributed by atoms with Gasteiger partial charge in [-0.05, 0) is 60.9 Å². The molecule has 0 aromatic heterocycles. The number of allylic oxidation sites excluding steroid dienone is 2. The normalized spacial score (nSPS) is 14.3. The van der Waals surface area contributed by atoms with E-state index in [-0.39, 0.29) is 0 Å². The van der Waals surface area contributed by atoms with Crippen LogP contribution < -0.4 is 0 Å². The van der Waals surface area contributed by atoms with E-state index in [1.807, 2.05) is 0 Å². The Morgan fingerprint density at radius 2 is 2.06 bits per heavy atom. The van der Waals surface area contributed by atoms with Crippen LogP contribution in [-0.2, 0) is 12.8 Å². The average molecular weight is 212 g/mol. The van der Waals surface area contributed by atoms with Crippen LogP contribution >= 0.6 is 0 Å². The first-order valence-corrected chi connectivity index (χ1v) is 6.11. The second-order valence-corrected chi connectivity index (χ2v) is 4.74. The van der Waals surface area contributed by atoms with Gasteiger partial charge in [0.2, 0.25) is 0 Å². The summed E-state index contributed by atoms with van der Waals surface area (Å²) < 4.78 is 0. The summed E-state index contributed by atoms with van der Waals surface area (Å²) in [5.41, 5.74) is 8.55. The molecule has 16 heavy (non-hydrogen) atoms. The molecule has 0 N–H and O–H groups in total. The predicted octanol–water partition coefficient (Wildman–Crippen LogP) is 4.46. The maximum Gasteiger partial charge on any atom is -0.0190 e. The molecule has 0 unspecified atom stereocenters. The number of hydrogen-bond donors (Lipinski definition) is 0. The van der Waals surface area contributed by atoms with Gasteiger partial charge in [0.1, 0.15) is 0 Å². The fourth-order valence-electron chi connectivity index (χ4n) is 2.50. The van der Waals surface area contributed by atoms with Crippen molar-refractivity contribution in [1.82, 2.24) is 0 Å². The maximum absolute atomic E-state index is 4.06. The number of aryl methyl sites for hydroxylation is 2. The summed E-state index contributed by atoms with van der Waals surface area (Å²) in [6.07, 6.45) is 5.81. The first-order valence-electron chi connectivity index (χ1n) is 6.11. The zero-order valence-corrected chi connectivity index (χ0v) is 10.6. The summed E-state index contributed by atoms with van der Waals surface area (Å²) in [6, 6.07) is 4.53. The lowest BCUT2D eigenvalue weighted by atomic mass is 9.84. The molecule has 0 saturated heterocycles. The van der Waals surface area contributed by atoms with E-state index in [4.69, 9.17) is 0 Å². The van der Waals surface area contributed by atoms with Crippen molar-refractivity contribution in [3.63, 3.8) is 0 Å². The second-order valence-electron chi connectivity index (χ2n) is 4.74. The van der Waals surface area contributed by atoms with Gasteiger partial charge in [-0.25, -0.2) is 0 Å². The van der Waals surface area contributed by atoms with Gasteiger partial charge in [-0.2, -0.15) is 0 Å². The standard InChI is InChI=1S/C16H20/c1-5-13-7-6-12(4)16-10-14(11(2)3)8-9-15(13)16/h6-7,10H,2,5,8-9H2,1,3-4H3. The highest BCUT2D eigenvalue weighted by Crippen LogP contribution is 2.31. The predicted molar refractivity (Wildman–Crippen MR) is 71.7 cm³/mol. The minimum atomic E-state index is 1.14. The maximum atomic E-state index is 4.06. The Hall–Kier alpha value is -1.30. The number of fused-ring (bicyclic) bond motifs is 1. The molecule has 1 aliphatic rings. The van der Waals surface area contributed by atoms with Crippen molar-refractivity contribution >= 4 is 6.08 Å². The van der Waals surface area contributed by atoms with Crippen molar-refractivity contribution in [3.8, 4) is 0 Å². The summed E-state index contributed by atoms with van der Waals surface area (Å²) in [5.74, 6) is 0. The molecule has 2 rings (SSSR count). The molecule has 0 radical (unpaired) electrons. The molecular weight excluding hydrogens is 192 g/mol. The second kappa shape index (κ2) is 4.29. The minimum Gasteiger partial charge on any atom is -0.0958 e. The van der Waals surface area contributed by atoms with Gasteiger partial charge in [0, 0.05) is 0 Å². The van der Waals surface area contributed by atoms with Crippen LogP contribution in [0.15, 0.2) is 29.9 Å². The fraction of sp³-hybridized carbons (Fsp3) is 0.375. The van der Waals surface area contributed by atoms with Crippen LogP contribution in [0, 0.1) is 6.92 Å². The molecule has 1 aromatic carbocycles. The van der Waals surface area contributed by atoms with Gasteiger partial charge in [0.25, 0.3) is 0 Å². The number of rotatable bonds is 2. The first kappa shape index (κ1) is 11.2. The van der Waals surface area contributed by atoms with Crippen molar-refractivity contribution in [3.05, 3.63) is 52.1 Å². The minimum absolute atomic E-state index is 1.14. The average Bonchev–Trinajstić information content (AvgIpc) is 2.29. The van der Waals surface area contributed by atoms with E-state index in [0.717, 1.165) is 12.8 Å². The molecule has 0 aliphatic heterocycles. The van der Waals surface area contributed by atoms with Gasteiger partial charge in [0.05, 0.1) is 0 Å². The van der Waals surface area contributed by atoms with Crippen molar-refractivity contribution in [2.24, 2.45) is 0 Å². The third kappa shape index (κ3) is 1.84. The summed E-state index contributed by atoms with van der Waals surface area (Å²) in [4.78, 5) is 0. The summed E-state index contributed by atoms with van der Waals surface area (Å²) in [5, 5.41) is 0. The zero-order valence-electron chi connectivity index (χ0n) is 10.6. The van der Waals surface area contributed by atoms with Crippen LogP contribution in [-0.4, -0.2) is 0 Å². The topological polar surface area (TPSA) is 0 Å². The molecule has 0 saturated carbocycles. The van der Waals surface area contributed by atoms with Crippen LogP contribution in [0.5, 0.6) is 0 Å². The summed E-state index contributed by atoms with van der Waals surface area (Å²) in [6.45, 7) is 10.6. The number of benzene rings is 1. The Morgan fingerprint density at radius 1 is 1.31 bits per heavy atom. The number of hydrogen-bond acceptors (Lipinski definition) is 0. The van der Waals surface area contributed by atoms with E-state index in [9.17, 15) is 0 Å². The third-order valence-corrected chi connectivity index (χ3v) is 3.56. The smallest absolute Gasteiger partial charge is 0.0190 e. The molecule has 1 aromatic rings. The van der Waals surface area contributed by atoms with Crippen LogP contribution in [0.25, 0.3) is 6.08 Å². The lowest BCUT2D eigenvalue weighted by Gasteiger charge is -2.21. The van der Waals surface area contributed by atoms with E-state index in [2.05, 4.69) is 45.6 Å². The molecule has 1 aliphatic carbocycles. The monoisotopic (exact) mass is 212 g/mol. The Kier molecular flexibility index (Phi) is 3.00. The molecule has 84 valence electrons. The Labute approximate surface area is 98.7 Å². The van der Waals surface area contributed by atoms with Crippen LogP contribution in [0.2, 0.25) is 0 Å². The molecule has 0 bridgehead atoms. The lowest BCUT2D eigenvalue weighted by Crippen LogP contribution is -2.05. The molecule has 0 amide bonds. The molecule has 0 heterocycles. The van der Waals surface area contributed by atoms with Gasteiger partial charge in [0.15, 0.2) is 0 Å². The largest absolute Gasteiger partial charge is 0.0958 e. The van der Waals surface area contributed by atoms with Crippen LogP contribution in [0.3, 0.4) is 0 Å². The highest BCUT2D eigenvalue weighted by atomic mass is 14.2. The van der Waals surface area contributed by atoms with Crippen molar-refractivity contribution in [2.45, 2.75) is 40.0 Å². The zero-order chi connectivity index (χ0) is 11.7. The molecule has 0 fully saturated rings. The SMILES string of the molecule is C=C(C)C1=Cc2c(C)ccc(CC)c2CC1. The summed E-state index contributed by atoms with van der Waals surface area (Å²) in [7, 11) is 0. The summed E-state index contributed by atoms with van der Waals surface area (Å²) >= 11 is 0. The Balaban J connectivity index is 2.57. The van der Waals surface area contributed by atoms with Crippen molar-refractivity contribution < 1.29 is 0 Å². The highest BCUT2D eigenvalue weighted by Gasteiger charge is 2.15. The van der Waals surface area contributed by atoms with Gasteiger partial charge in [-0.3, -0.25) is 0 Å². The van der Waals surface area contributed by atoms with Crippen molar-refractivity contribution in [2.75, 3.05) is 0 Å². The van der Waals surface area contributed by atoms with Gasteiger partial charge >= 0.3 is 0 Å². The Morgan fingerprint density at radius 3 is 2.69 bits per heavy atom. The van der Waals surface area contributed by atoms with E-state index in [0.29, 0.717) is 0 Å². The molecule has 0 atom stereocenters. The first-order chi connectivity index (χ1) is 7.63. The van der Waals surface area contributed by atoms with E-state index < -0.39 is 0 Å². The van der Waals surface area contributed by atoms with Crippen LogP contribution in [0.4, 0.5) is 0 Å². The van der Waals surface area contributed by atoms with Gasteiger partial charge in [-0.1, -0.05) is 37.3 Å². The molecular formula is C16H20. The third-order valence-electron chi connectivity index (χ3n) is 3.56. The fourth-order valence-corrected chi connectivity index (χ4v) is 2.50. The van der Waals surface area contributed by atoms with Gasteiger partial charge in [-0.15, -0.1) is 0 Å².